The molecule has 1 N–H and O–H groups in total. The topological polar surface area (TPSA) is 93.3 Å². The number of amides is 1. The van der Waals surface area contributed by atoms with Crippen LogP contribution in [0.5, 0.6) is 0 Å². The fourth-order valence-electron chi connectivity index (χ4n) is 3.40. The Balaban J connectivity index is 1.44. The molecular weight excluding hydrogens is 382 g/mol. The first-order valence-corrected chi connectivity index (χ1v) is 9.94. The largest absolute Gasteiger partial charge is 0.448 e. The van der Waals surface area contributed by atoms with Crippen molar-refractivity contribution in [3.05, 3.63) is 64.8 Å². The first-order chi connectivity index (χ1) is 14.6. The summed E-state index contributed by atoms with van der Waals surface area (Å²) in [4.78, 5) is 36.0. The molecule has 4 aromatic rings. The van der Waals surface area contributed by atoms with Crippen LogP contribution in [-0.2, 0) is 17.9 Å². The lowest BCUT2D eigenvalue weighted by Crippen LogP contribution is -2.32. The molecule has 0 aliphatic heterocycles. The second-order valence-electron chi connectivity index (χ2n) is 6.93. The Bertz CT molecular complexity index is 1240. The summed E-state index contributed by atoms with van der Waals surface area (Å²) in [5.41, 5.74) is 1.77. The van der Waals surface area contributed by atoms with Gasteiger partial charge in [0.15, 0.2) is 0 Å². The molecule has 0 aliphatic carbocycles. The normalized spacial score (nSPS) is 11.1. The van der Waals surface area contributed by atoms with Gasteiger partial charge in [-0.1, -0.05) is 18.2 Å². The first kappa shape index (κ1) is 19.6. The van der Waals surface area contributed by atoms with Gasteiger partial charge in [0.2, 0.25) is 11.5 Å². The number of furan rings is 1. The van der Waals surface area contributed by atoms with Crippen molar-refractivity contribution in [3.63, 3.8) is 0 Å². The number of nitrogens with zero attached hydrogens (tertiary/aromatic N) is 4. The summed E-state index contributed by atoms with van der Waals surface area (Å²) in [6.07, 6.45) is 3.13. The molecule has 3 aromatic heterocycles. The summed E-state index contributed by atoms with van der Waals surface area (Å²) < 4.78 is 6.90. The number of hydrogen-bond acceptors (Lipinski definition) is 6. The molecule has 0 spiro atoms. The van der Waals surface area contributed by atoms with Crippen molar-refractivity contribution in [2.75, 3.05) is 18.0 Å². The van der Waals surface area contributed by atoms with Gasteiger partial charge in [-0.25, -0.2) is 9.97 Å². The van der Waals surface area contributed by atoms with E-state index in [0.29, 0.717) is 17.6 Å². The van der Waals surface area contributed by atoms with Crippen molar-refractivity contribution in [1.29, 1.82) is 0 Å². The number of nitrogens with one attached hydrogen (secondary N) is 1. The Morgan fingerprint density at radius 1 is 1.13 bits per heavy atom. The molecule has 0 atom stereocenters. The highest BCUT2D eigenvalue weighted by Gasteiger charge is 2.14. The van der Waals surface area contributed by atoms with Crippen LogP contribution < -0.4 is 15.8 Å². The van der Waals surface area contributed by atoms with Crippen molar-refractivity contribution in [2.45, 2.75) is 26.9 Å². The van der Waals surface area contributed by atoms with E-state index in [1.165, 1.54) is 10.9 Å². The third-order valence-electron chi connectivity index (χ3n) is 5.05. The molecule has 30 heavy (non-hydrogen) atoms. The highest BCUT2D eigenvalue weighted by molar-refractivity contribution is 6.01. The van der Waals surface area contributed by atoms with Crippen LogP contribution in [0, 0.1) is 0 Å². The summed E-state index contributed by atoms with van der Waals surface area (Å²) in [7, 11) is 0. The summed E-state index contributed by atoms with van der Waals surface area (Å²) >= 11 is 0. The van der Waals surface area contributed by atoms with Crippen molar-refractivity contribution >= 4 is 33.8 Å². The van der Waals surface area contributed by atoms with Gasteiger partial charge in [-0.05, 0) is 37.6 Å². The summed E-state index contributed by atoms with van der Waals surface area (Å²) in [5, 5.41) is 3.59. The SMILES string of the molecule is CCN(CC)c1ccc(CNC(=O)Cn2cnc3c(oc4ccccc43)c2=O)cn1. The van der Waals surface area contributed by atoms with Crippen LogP contribution >= 0.6 is 0 Å². The predicted octanol–water partition coefficient (Wildman–Crippen LogP) is 2.70. The van der Waals surface area contributed by atoms with Crippen LogP contribution in [0.25, 0.3) is 22.1 Å². The maximum atomic E-state index is 12.7. The predicted molar refractivity (Wildman–Crippen MR) is 115 cm³/mol. The van der Waals surface area contributed by atoms with Gasteiger partial charge in [0.1, 0.15) is 23.5 Å². The summed E-state index contributed by atoms with van der Waals surface area (Å²) in [6, 6.07) is 11.2. The van der Waals surface area contributed by atoms with E-state index in [9.17, 15) is 9.59 Å². The lowest BCUT2D eigenvalue weighted by atomic mass is 10.2. The minimum absolute atomic E-state index is 0.135. The molecule has 0 unspecified atom stereocenters. The van der Waals surface area contributed by atoms with Gasteiger partial charge in [0, 0.05) is 31.2 Å². The van der Waals surface area contributed by atoms with E-state index in [0.717, 1.165) is 29.9 Å². The number of benzene rings is 1. The summed E-state index contributed by atoms with van der Waals surface area (Å²) in [6.45, 7) is 6.14. The van der Waals surface area contributed by atoms with Crippen molar-refractivity contribution < 1.29 is 9.21 Å². The fourth-order valence-corrected chi connectivity index (χ4v) is 3.40. The summed E-state index contributed by atoms with van der Waals surface area (Å²) in [5.74, 6) is 0.619. The smallest absolute Gasteiger partial charge is 0.297 e. The highest BCUT2D eigenvalue weighted by atomic mass is 16.3. The van der Waals surface area contributed by atoms with E-state index in [1.54, 1.807) is 12.3 Å². The second-order valence-corrected chi connectivity index (χ2v) is 6.93. The quantitative estimate of drug-likeness (QED) is 0.508. The molecule has 1 aromatic carbocycles. The van der Waals surface area contributed by atoms with Crippen LogP contribution in [0.2, 0.25) is 0 Å². The maximum absolute atomic E-state index is 12.7. The average Bonchev–Trinajstić information content (AvgIpc) is 3.15. The Kier molecular flexibility index (Phi) is 5.47. The van der Waals surface area contributed by atoms with E-state index in [2.05, 4.69) is 34.0 Å². The standard InChI is InChI=1S/C22H23N5O3/c1-3-26(4-2)18-10-9-15(11-23-18)12-24-19(28)13-27-14-25-20-16-7-5-6-8-17(16)30-21(20)22(27)29/h5-11,14H,3-4,12-13H2,1-2H3,(H,24,28). The molecule has 0 fully saturated rings. The van der Waals surface area contributed by atoms with Crippen molar-refractivity contribution in [2.24, 2.45) is 0 Å². The van der Waals surface area contributed by atoms with Gasteiger partial charge in [0.05, 0.1) is 6.33 Å². The molecular formula is C22H23N5O3. The van der Waals surface area contributed by atoms with E-state index < -0.39 is 0 Å². The third kappa shape index (κ3) is 3.76. The number of aromatic nitrogens is 3. The molecule has 154 valence electrons. The number of anilines is 1. The van der Waals surface area contributed by atoms with Crippen LogP contribution in [0.3, 0.4) is 0 Å². The molecule has 8 nitrogen and oxygen atoms in total. The fraction of sp³-hybridized carbons (Fsp3) is 0.273. The Labute approximate surface area is 173 Å². The molecule has 0 saturated carbocycles. The van der Waals surface area contributed by atoms with E-state index in [1.807, 2.05) is 30.3 Å². The molecule has 4 rings (SSSR count). The molecule has 3 heterocycles. The Morgan fingerprint density at radius 3 is 2.67 bits per heavy atom. The number of fused-ring (bicyclic) bond motifs is 3. The molecule has 1 amide bonds. The zero-order valence-corrected chi connectivity index (χ0v) is 17.0. The van der Waals surface area contributed by atoms with E-state index in [-0.39, 0.29) is 23.6 Å². The van der Waals surface area contributed by atoms with Gasteiger partial charge in [-0.2, -0.15) is 0 Å². The van der Waals surface area contributed by atoms with Gasteiger partial charge < -0.3 is 14.6 Å². The number of rotatable bonds is 7. The number of carbonyl (C=O) groups is 1. The number of para-hydroxylation sites is 1. The second kappa shape index (κ2) is 8.36. The zero-order valence-electron chi connectivity index (χ0n) is 17.0. The third-order valence-corrected chi connectivity index (χ3v) is 5.05. The van der Waals surface area contributed by atoms with Gasteiger partial charge in [-0.15, -0.1) is 0 Å². The van der Waals surface area contributed by atoms with Crippen LogP contribution in [0.4, 0.5) is 5.82 Å². The minimum atomic E-state index is -0.378. The molecule has 0 saturated heterocycles. The van der Waals surface area contributed by atoms with Gasteiger partial charge >= 0.3 is 0 Å². The molecule has 8 heteroatoms. The highest BCUT2D eigenvalue weighted by Crippen LogP contribution is 2.23. The van der Waals surface area contributed by atoms with Crippen molar-refractivity contribution in [3.8, 4) is 0 Å². The zero-order chi connectivity index (χ0) is 21.1. The Hall–Kier alpha value is -3.68. The van der Waals surface area contributed by atoms with E-state index in [4.69, 9.17) is 4.42 Å². The van der Waals surface area contributed by atoms with Crippen LogP contribution in [0.15, 0.2) is 58.1 Å². The Morgan fingerprint density at radius 2 is 1.93 bits per heavy atom. The first-order valence-electron chi connectivity index (χ1n) is 9.94. The maximum Gasteiger partial charge on any atom is 0.297 e. The van der Waals surface area contributed by atoms with E-state index >= 15 is 0 Å². The van der Waals surface area contributed by atoms with Gasteiger partial charge in [-0.3, -0.25) is 14.2 Å². The monoisotopic (exact) mass is 405 g/mol. The lowest BCUT2D eigenvalue weighted by Gasteiger charge is -2.19. The van der Waals surface area contributed by atoms with Crippen LogP contribution in [0.1, 0.15) is 19.4 Å². The van der Waals surface area contributed by atoms with Crippen LogP contribution in [-0.4, -0.2) is 33.5 Å². The van der Waals surface area contributed by atoms with Crippen molar-refractivity contribution in [1.82, 2.24) is 19.9 Å². The van der Waals surface area contributed by atoms with Gasteiger partial charge in [0.25, 0.3) is 5.56 Å². The molecule has 0 bridgehead atoms. The number of carbonyl (C=O) groups excluding carboxylic acids is 1. The molecule has 0 aliphatic rings. The minimum Gasteiger partial charge on any atom is -0.448 e. The molecule has 0 radical (unpaired) electrons. The lowest BCUT2D eigenvalue weighted by molar-refractivity contribution is -0.121. The average molecular weight is 405 g/mol. The number of pyridine rings is 1. The number of hydrogen-bond donors (Lipinski definition) is 1.